The fraction of sp³-hybridized carbons (Fsp3) is 0.615. The van der Waals surface area contributed by atoms with E-state index in [4.69, 9.17) is 0 Å². The molecule has 1 rings (SSSR count). The summed E-state index contributed by atoms with van der Waals surface area (Å²) >= 11 is 0. The van der Waals surface area contributed by atoms with E-state index in [9.17, 15) is 4.79 Å². The van der Waals surface area contributed by atoms with Gasteiger partial charge in [0.15, 0.2) is 0 Å². The highest BCUT2D eigenvalue weighted by atomic mass is 16.1. The molecular weight excluding hydrogens is 214 g/mol. The number of hydrogen-bond donors (Lipinski definition) is 1. The lowest BCUT2D eigenvalue weighted by Crippen LogP contribution is -2.32. The number of hydrogen-bond acceptors (Lipinski definition) is 2. The molecule has 96 valence electrons. The molecule has 0 aromatic carbocycles. The predicted octanol–water partition coefficient (Wildman–Crippen LogP) is 0.862. The SMILES string of the molecule is Cc1cc(CC(=O)NCCN(C)C)c(C)n1C. The first kappa shape index (κ1) is 13.8. The summed E-state index contributed by atoms with van der Waals surface area (Å²) in [5, 5.41) is 2.93. The maximum atomic E-state index is 11.7. The normalized spacial score (nSPS) is 10.9. The molecular formula is C13H23N3O. The van der Waals surface area contributed by atoms with Gasteiger partial charge in [-0.1, -0.05) is 0 Å². The van der Waals surface area contributed by atoms with Crippen LogP contribution in [0.2, 0.25) is 0 Å². The van der Waals surface area contributed by atoms with E-state index in [-0.39, 0.29) is 5.91 Å². The highest BCUT2D eigenvalue weighted by Crippen LogP contribution is 2.13. The van der Waals surface area contributed by atoms with E-state index in [1.165, 1.54) is 11.4 Å². The van der Waals surface area contributed by atoms with Crippen molar-refractivity contribution in [3.8, 4) is 0 Å². The standard InChI is InChI=1S/C13H23N3O/c1-10-8-12(11(2)16(10)5)9-13(17)14-6-7-15(3)4/h8H,6-7,9H2,1-5H3,(H,14,17). The number of nitrogens with zero attached hydrogens (tertiary/aromatic N) is 2. The molecule has 4 nitrogen and oxygen atoms in total. The number of amides is 1. The molecule has 0 saturated heterocycles. The quantitative estimate of drug-likeness (QED) is 0.825. The Bertz CT molecular complexity index is 394. The molecule has 0 fully saturated rings. The molecule has 17 heavy (non-hydrogen) atoms. The van der Waals surface area contributed by atoms with Crippen molar-refractivity contribution in [2.75, 3.05) is 27.2 Å². The van der Waals surface area contributed by atoms with Gasteiger partial charge in [-0.15, -0.1) is 0 Å². The van der Waals surface area contributed by atoms with Crippen LogP contribution in [0.4, 0.5) is 0 Å². The lowest BCUT2D eigenvalue weighted by atomic mass is 10.1. The first-order chi connectivity index (χ1) is 7.91. The zero-order chi connectivity index (χ0) is 13.0. The number of likely N-dealkylation sites (N-methyl/N-ethyl adjacent to an activating group) is 1. The third kappa shape index (κ3) is 3.89. The van der Waals surface area contributed by atoms with Crippen molar-refractivity contribution in [2.24, 2.45) is 7.05 Å². The third-order valence-electron chi connectivity index (χ3n) is 3.11. The van der Waals surface area contributed by atoms with Crippen molar-refractivity contribution in [3.63, 3.8) is 0 Å². The highest BCUT2D eigenvalue weighted by molar-refractivity contribution is 5.78. The van der Waals surface area contributed by atoms with Gasteiger partial charge in [0.05, 0.1) is 6.42 Å². The van der Waals surface area contributed by atoms with Crippen LogP contribution in [0.5, 0.6) is 0 Å². The van der Waals surface area contributed by atoms with Crippen LogP contribution < -0.4 is 5.32 Å². The van der Waals surface area contributed by atoms with Crippen LogP contribution in [0.15, 0.2) is 6.07 Å². The lowest BCUT2D eigenvalue weighted by molar-refractivity contribution is -0.120. The number of carbonyl (C=O) groups is 1. The monoisotopic (exact) mass is 237 g/mol. The maximum absolute atomic E-state index is 11.7. The minimum absolute atomic E-state index is 0.0977. The van der Waals surface area contributed by atoms with Crippen LogP contribution in [0.3, 0.4) is 0 Å². The van der Waals surface area contributed by atoms with Crippen molar-refractivity contribution in [1.82, 2.24) is 14.8 Å². The Hall–Kier alpha value is -1.29. The largest absolute Gasteiger partial charge is 0.355 e. The van der Waals surface area contributed by atoms with E-state index in [0.717, 1.165) is 12.1 Å². The topological polar surface area (TPSA) is 37.3 Å². The number of rotatable bonds is 5. The maximum Gasteiger partial charge on any atom is 0.224 e. The molecule has 0 bridgehead atoms. The van der Waals surface area contributed by atoms with Crippen LogP contribution in [-0.4, -0.2) is 42.6 Å². The Morgan fingerprint density at radius 3 is 2.53 bits per heavy atom. The number of aromatic nitrogens is 1. The fourth-order valence-electron chi connectivity index (χ4n) is 1.77. The molecule has 1 aromatic rings. The van der Waals surface area contributed by atoms with Gasteiger partial charge in [-0.2, -0.15) is 0 Å². The van der Waals surface area contributed by atoms with Gasteiger partial charge in [0.1, 0.15) is 0 Å². The molecule has 1 N–H and O–H groups in total. The Kier molecular flexibility index (Phi) is 4.75. The zero-order valence-electron chi connectivity index (χ0n) is 11.5. The molecule has 0 radical (unpaired) electrons. The third-order valence-corrected chi connectivity index (χ3v) is 3.11. The molecule has 0 spiro atoms. The van der Waals surface area contributed by atoms with E-state index >= 15 is 0 Å². The van der Waals surface area contributed by atoms with Crippen molar-refractivity contribution in [3.05, 3.63) is 23.0 Å². The van der Waals surface area contributed by atoms with E-state index < -0.39 is 0 Å². The second-order valence-electron chi connectivity index (χ2n) is 4.79. The summed E-state index contributed by atoms with van der Waals surface area (Å²) in [7, 11) is 6.02. The second-order valence-corrected chi connectivity index (χ2v) is 4.79. The van der Waals surface area contributed by atoms with E-state index in [1.54, 1.807) is 0 Å². The Labute approximate surface area is 104 Å². The summed E-state index contributed by atoms with van der Waals surface area (Å²) in [6.07, 6.45) is 0.473. The molecule has 0 aliphatic carbocycles. The fourth-order valence-corrected chi connectivity index (χ4v) is 1.77. The van der Waals surface area contributed by atoms with E-state index in [2.05, 4.69) is 34.7 Å². The van der Waals surface area contributed by atoms with Crippen molar-refractivity contribution < 1.29 is 4.79 Å². The van der Waals surface area contributed by atoms with Gasteiger partial charge < -0.3 is 14.8 Å². The van der Waals surface area contributed by atoms with Gasteiger partial charge in [0.2, 0.25) is 5.91 Å². The second kappa shape index (κ2) is 5.87. The molecule has 0 aliphatic heterocycles. The minimum Gasteiger partial charge on any atom is -0.355 e. The summed E-state index contributed by atoms with van der Waals surface area (Å²) in [4.78, 5) is 13.8. The van der Waals surface area contributed by atoms with Crippen LogP contribution >= 0.6 is 0 Å². The van der Waals surface area contributed by atoms with Crippen LogP contribution in [0.25, 0.3) is 0 Å². The van der Waals surface area contributed by atoms with Crippen LogP contribution in [0.1, 0.15) is 17.0 Å². The van der Waals surface area contributed by atoms with Crippen molar-refractivity contribution in [2.45, 2.75) is 20.3 Å². The Morgan fingerprint density at radius 2 is 2.06 bits per heavy atom. The summed E-state index contributed by atoms with van der Waals surface area (Å²) < 4.78 is 2.11. The molecule has 1 amide bonds. The summed E-state index contributed by atoms with van der Waals surface area (Å²) in [6.45, 7) is 5.69. The first-order valence-corrected chi connectivity index (χ1v) is 5.95. The number of nitrogens with one attached hydrogen (secondary N) is 1. The van der Waals surface area contributed by atoms with Gasteiger partial charge in [-0.05, 0) is 39.6 Å². The lowest BCUT2D eigenvalue weighted by Gasteiger charge is -2.10. The molecule has 0 saturated carbocycles. The van der Waals surface area contributed by atoms with E-state index in [0.29, 0.717) is 13.0 Å². The summed E-state index contributed by atoms with van der Waals surface area (Å²) in [5.41, 5.74) is 3.48. The number of aryl methyl sites for hydroxylation is 1. The first-order valence-electron chi connectivity index (χ1n) is 5.95. The molecule has 0 aliphatic rings. The van der Waals surface area contributed by atoms with Crippen LogP contribution in [0, 0.1) is 13.8 Å². The minimum atomic E-state index is 0.0977. The number of carbonyl (C=O) groups excluding carboxylic acids is 1. The zero-order valence-corrected chi connectivity index (χ0v) is 11.5. The molecule has 4 heteroatoms. The van der Waals surface area contributed by atoms with Gasteiger partial charge in [0.25, 0.3) is 0 Å². The van der Waals surface area contributed by atoms with Crippen molar-refractivity contribution in [1.29, 1.82) is 0 Å². The van der Waals surface area contributed by atoms with E-state index in [1.807, 2.05) is 21.1 Å². The molecule has 1 heterocycles. The summed E-state index contributed by atoms with van der Waals surface area (Å²) in [6, 6.07) is 2.08. The predicted molar refractivity (Wildman–Crippen MR) is 70.2 cm³/mol. The molecule has 0 atom stereocenters. The van der Waals surface area contributed by atoms with Crippen LogP contribution in [-0.2, 0) is 18.3 Å². The summed E-state index contributed by atoms with van der Waals surface area (Å²) in [5.74, 6) is 0.0977. The Morgan fingerprint density at radius 1 is 1.41 bits per heavy atom. The highest BCUT2D eigenvalue weighted by Gasteiger charge is 2.10. The Balaban J connectivity index is 2.48. The van der Waals surface area contributed by atoms with Gasteiger partial charge in [0, 0.05) is 31.5 Å². The molecule has 0 unspecified atom stereocenters. The average Bonchev–Trinajstić information content (AvgIpc) is 2.46. The smallest absolute Gasteiger partial charge is 0.224 e. The van der Waals surface area contributed by atoms with Crippen molar-refractivity contribution >= 4 is 5.91 Å². The van der Waals surface area contributed by atoms with Gasteiger partial charge in [-0.25, -0.2) is 0 Å². The average molecular weight is 237 g/mol. The van der Waals surface area contributed by atoms with Gasteiger partial charge in [-0.3, -0.25) is 4.79 Å². The van der Waals surface area contributed by atoms with Gasteiger partial charge >= 0.3 is 0 Å². The molecule has 1 aromatic heterocycles.